The van der Waals surface area contributed by atoms with Gasteiger partial charge in [0, 0.05) is 15.8 Å². The van der Waals surface area contributed by atoms with Crippen LogP contribution in [0.25, 0.3) is 22.2 Å². The van der Waals surface area contributed by atoms with Gasteiger partial charge in [-0.05, 0) is 44.2 Å². The van der Waals surface area contributed by atoms with Crippen LogP contribution in [0.15, 0.2) is 54.6 Å². The smallest absolute Gasteiger partial charge is 0.258 e. The van der Waals surface area contributed by atoms with Crippen LogP contribution in [0.4, 0.5) is 5.13 Å². The average molecular weight is 414 g/mol. The van der Waals surface area contributed by atoms with Gasteiger partial charge in [-0.15, -0.1) is 11.3 Å². The summed E-state index contributed by atoms with van der Waals surface area (Å²) in [6.45, 7) is 4.33. The lowest BCUT2D eigenvalue weighted by Gasteiger charge is -2.15. The van der Waals surface area contributed by atoms with Crippen LogP contribution in [-0.2, 0) is 12.8 Å². The SMILES string of the molecule is Cc1ccc(-c2cc(C(=O)Nc3nc4c(s3)C[C@@H](C)CC4)c3ccccc3n2)cc1. The zero-order chi connectivity index (χ0) is 20.7. The molecule has 0 aliphatic heterocycles. The van der Waals surface area contributed by atoms with E-state index in [1.807, 2.05) is 42.5 Å². The Balaban J connectivity index is 1.52. The number of carbonyl (C=O) groups is 1. The number of para-hydroxylation sites is 1. The number of carbonyl (C=O) groups excluding carboxylic acids is 1. The molecule has 0 spiro atoms. The number of aromatic nitrogens is 2. The van der Waals surface area contributed by atoms with Gasteiger partial charge in [0.2, 0.25) is 0 Å². The van der Waals surface area contributed by atoms with E-state index in [2.05, 4.69) is 31.3 Å². The second-order valence-electron chi connectivity index (χ2n) is 8.13. The van der Waals surface area contributed by atoms with Crippen molar-refractivity contribution in [3.8, 4) is 11.3 Å². The number of amides is 1. The van der Waals surface area contributed by atoms with E-state index in [4.69, 9.17) is 9.97 Å². The van der Waals surface area contributed by atoms with Crippen molar-refractivity contribution in [2.75, 3.05) is 5.32 Å². The summed E-state index contributed by atoms with van der Waals surface area (Å²) in [5, 5.41) is 4.59. The predicted octanol–water partition coefficient (Wildman–Crippen LogP) is 6.04. The second kappa shape index (κ2) is 7.65. The van der Waals surface area contributed by atoms with Crippen molar-refractivity contribution < 1.29 is 4.79 Å². The minimum absolute atomic E-state index is 0.138. The van der Waals surface area contributed by atoms with E-state index in [1.165, 1.54) is 16.9 Å². The summed E-state index contributed by atoms with van der Waals surface area (Å²) in [5.41, 5.74) is 5.57. The van der Waals surface area contributed by atoms with Crippen LogP contribution in [0.2, 0.25) is 0 Å². The number of rotatable bonds is 3. The van der Waals surface area contributed by atoms with E-state index < -0.39 is 0 Å². The molecule has 1 N–H and O–H groups in total. The molecule has 1 amide bonds. The molecular weight excluding hydrogens is 390 g/mol. The lowest BCUT2D eigenvalue weighted by molar-refractivity contribution is 0.102. The van der Waals surface area contributed by atoms with Crippen LogP contribution >= 0.6 is 11.3 Å². The molecule has 30 heavy (non-hydrogen) atoms. The molecule has 2 aromatic heterocycles. The first kappa shape index (κ1) is 18.9. The predicted molar refractivity (Wildman–Crippen MR) is 123 cm³/mol. The number of nitrogens with one attached hydrogen (secondary N) is 1. The maximum absolute atomic E-state index is 13.3. The monoisotopic (exact) mass is 413 g/mol. The lowest BCUT2D eigenvalue weighted by Crippen LogP contribution is -2.13. The number of benzene rings is 2. The molecule has 150 valence electrons. The van der Waals surface area contributed by atoms with Crippen molar-refractivity contribution in [1.82, 2.24) is 9.97 Å². The first-order valence-electron chi connectivity index (χ1n) is 10.3. The zero-order valence-electron chi connectivity index (χ0n) is 17.1. The van der Waals surface area contributed by atoms with Crippen molar-refractivity contribution in [3.05, 3.63) is 76.3 Å². The Bertz CT molecular complexity index is 1240. The lowest BCUT2D eigenvalue weighted by atomic mass is 9.93. The number of anilines is 1. The molecule has 4 aromatic rings. The fraction of sp³-hybridized carbons (Fsp3) is 0.240. The highest BCUT2D eigenvalue weighted by atomic mass is 32.1. The van der Waals surface area contributed by atoms with Crippen molar-refractivity contribution in [1.29, 1.82) is 0 Å². The van der Waals surface area contributed by atoms with Gasteiger partial charge in [0.15, 0.2) is 5.13 Å². The molecule has 1 aliphatic rings. The summed E-state index contributed by atoms with van der Waals surface area (Å²) >= 11 is 1.61. The Morgan fingerprint density at radius 2 is 1.90 bits per heavy atom. The third-order valence-electron chi connectivity index (χ3n) is 5.71. The van der Waals surface area contributed by atoms with Crippen molar-refractivity contribution >= 4 is 33.3 Å². The quantitative estimate of drug-likeness (QED) is 0.445. The van der Waals surface area contributed by atoms with E-state index in [9.17, 15) is 4.79 Å². The highest BCUT2D eigenvalue weighted by Gasteiger charge is 2.21. The summed E-state index contributed by atoms with van der Waals surface area (Å²) in [6.07, 6.45) is 3.22. The fourth-order valence-corrected chi connectivity index (χ4v) is 5.16. The molecule has 0 unspecified atom stereocenters. The van der Waals surface area contributed by atoms with E-state index in [-0.39, 0.29) is 5.91 Å². The average Bonchev–Trinajstić information content (AvgIpc) is 3.14. The molecule has 5 rings (SSSR count). The molecule has 1 atom stereocenters. The molecule has 2 heterocycles. The molecule has 4 nitrogen and oxygen atoms in total. The highest BCUT2D eigenvalue weighted by Crippen LogP contribution is 2.33. The maximum atomic E-state index is 13.3. The molecule has 1 aliphatic carbocycles. The number of pyridine rings is 1. The minimum Gasteiger partial charge on any atom is -0.298 e. The fourth-order valence-electron chi connectivity index (χ4n) is 3.99. The Labute approximate surface area is 180 Å². The van der Waals surface area contributed by atoms with Crippen LogP contribution in [0.3, 0.4) is 0 Å². The normalized spacial score (nSPS) is 15.7. The Morgan fingerprint density at radius 1 is 1.10 bits per heavy atom. The van der Waals surface area contributed by atoms with Crippen molar-refractivity contribution in [3.63, 3.8) is 0 Å². The second-order valence-corrected chi connectivity index (χ2v) is 9.21. The van der Waals surface area contributed by atoms with Gasteiger partial charge < -0.3 is 0 Å². The standard InChI is InChI=1S/C25H23N3OS/c1-15-7-10-17(11-8-15)22-14-19(18-5-3-4-6-20(18)26-22)24(29)28-25-27-21-12-9-16(2)13-23(21)30-25/h3-8,10-11,14,16H,9,12-13H2,1-2H3,(H,27,28,29)/t16-/m0/s1. The number of hydrogen-bond donors (Lipinski definition) is 1. The van der Waals surface area contributed by atoms with Crippen LogP contribution in [0.1, 0.15) is 39.8 Å². The molecule has 2 aromatic carbocycles. The molecule has 0 saturated heterocycles. The summed E-state index contributed by atoms with van der Waals surface area (Å²) in [7, 11) is 0. The van der Waals surface area contributed by atoms with Crippen molar-refractivity contribution in [2.45, 2.75) is 33.1 Å². The van der Waals surface area contributed by atoms with E-state index in [0.717, 1.165) is 40.7 Å². The van der Waals surface area contributed by atoms with Gasteiger partial charge in [0.25, 0.3) is 5.91 Å². The topological polar surface area (TPSA) is 54.9 Å². The molecular formula is C25H23N3OS. The number of hydrogen-bond acceptors (Lipinski definition) is 4. The van der Waals surface area contributed by atoms with E-state index in [1.54, 1.807) is 11.3 Å². The third-order valence-corrected chi connectivity index (χ3v) is 6.75. The maximum Gasteiger partial charge on any atom is 0.258 e. The van der Waals surface area contributed by atoms with E-state index >= 15 is 0 Å². The number of fused-ring (bicyclic) bond motifs is 2. The third kappa shape index (κ3) is 3.61. The first-order chi connectivity index (χ1) is 14.6. The van der Waals surface area contributed by atoms with E-state index in [0.29, 0.717) is 16.6 Å². The summed E-state index contributed by atoms with van der Waals surface area (Å²) in [6, 6.07) is 17.9. The number of aryl methyl sites for hydroxylation is 2. The van der Waals surface area contributed by atoms with Gasteiger partial charge in [-0.2, -0.15) is 0 Å². The number of thiazole rings is 1. The summed E-state index contributed by atoms with van der Waals surface area (Å²) in [5.74, 6) is 0.545. The Hall–Kier alpha value is -3.05. The first-order valence-corrected chi connectivity index (χ1v) is 11.2. The summed E-state index contributed by atoms with van der Waals surface area (Å²) in [4.78, 5) is 24.1. The van der Waals surface area contributed by atoms with Crippen LogP contribution in [0, 0.1) is 12.8 Å². The molecule has 0 fully saturated rings. The van der Waals surface area contributed by atoms with Gasteiger partial charge in [-0.25, -0.2) is 9.97 Å². The van der Waals surface area contributed by atoms with Gasteiger partial charge in [-0.3, -0.25) is 10.1 Å². The van der Waals surface area contributed by atoms with Gasteiger partial charge in [0.05, 0.1) is 22.5 Å². The Kier molecular flexibility index (Phi) is 4.83. The van der Waals surface area contributed by atoms with Crippen molar-refractivity contribution in [2.24, 2.45) is 5.92 Å². The summed E-state index contributed by atoms with van der Waals surface area (Å²) < 4.78 is 0. The van der Waals surface area contributed by atoms with Gasteiger partial charge in [-0.1, -0.05) is 55.0 Å². The molecule has 0 bridgehead atoms. The molecule has 0 radical (unpaired) electrons. The van der Waals surface area contributed by atoms with Gasteiger partial charge in [0.1, 0.15) is 0 Å². The minimum atomic E-state index is -0.138. The molecule has 5 heteroatoms. The highest BCUT2D eigenvalue weighted by molar-refractivity contribution is 7.15. The van der Waals surface area contributed by atoms with Crippen LogP contribution in [-0.4, -0.2) is 15.9 Å². The molecule has 0 saturated carbocycles. The van der Waals surface area contributed by atoms with Crippen LogP contribution < -0.4 is 5.32 Å². The largest absolute Gasteiger partial charge is 0.298 e. The zero-order valence-corrected chi connectivity index (χ0v) is 17.9. The van der Waals surface area contributed by atoms with Gasteiger partial charge >= 0.3 is 0 Å². The number of nitrogens with zero attached hydrogens (tertiary/aromatic N) is 2. The Morgan fingerprint density at radius 3 is 2.73 bits per heavy atom. The van der Waals surface area contributed by atoms with Crippen LogP contribution in [0.5, 0.6) is 0 Å².